The summed E-state index contributed by atoms with van der Waals surface area (Å²) in [6, 6.07) is 13.6. The maximum atomic E-state index is 13.2. The highest BCUT2D eigenvalue weighted by Crippen LogP contribution is 2.26. The first kappa shape index (κ1) is 28.8. The number of methoxy groups -OCH3 is 1. The van der Waals surface area contributed by atoms with E-state index in [1.165, 1.54) is 24.2 Å². The minimum absolute atomic E-state index is 0.137. The molecule has 0 spiro atoms. The minimum Gasteiger partial charge on any atom is -0.469 e. The molecule has 42 heavy (non-hydrogen) atoms. The van der Waals surface area contributed by atoms with Crippen LogP contribution < -0.4 is 16.2 Å². The lowest BCUT2D eigenvalue weighted by Crippen LogP contribution is -2.31. The van der Waals surface area contributed by atoms with Gasteiger partial charge in [-0.15, -0.1) is 5.10 Å². The molecule has 1 saturated heterocycles. The number of carbonyl (C=O) groups is 2. The molecule has 216 valence electrons. The molecule has 12 nitrogen and oxygen atoms in total. The van der Waals surface area contributed by atoms with Gasteiger partial charge in [0.2, 0.25) is 5.91 Å². The third-order valence-electron chi connectivity index (χ3n) is 7.07. The van der Waals surface area contributed by atoms with Crippen LogP contribution >= 0.6 is 11.6 Å². The Morgan fingerprint density at radius 3 is 2.76 bits per heavy atom. The zero-order chi connectivity index (χ0) is 29.5. The number of tetrazole rings is 1. The van der Waals surface area contributed by atoms with Gasteiger partial charge in [-0.2, -0.15) is 9.78 Å². The van der Waals surface area contributed by atoms with E-state index in [1.54, 1.807) is 54.6 Å². The fourth-order valence-electron chi connectivity index (χ4n) is 4.88. The fraction of sp³-hybridized carbons (Fsp3) is 0.276. The Kier molecular flexibility index (Phi) is 9.15. The van der Waals surface area contributed by atoms with Gasteiger partial charge < -0.3 is 15.4 Å². The first-order valence-electron chi connectivity index (χ1n) is 13.4. The van der Waals surface area contributed by atoms with Gasteiger partial charge in [-0.05, 0) is 83.7 Å². The summed E-state index contributed by atoms with van der Waals surface area (Å²) >= 11 is 6.21. The Labute approximate surface area is 246 Å². The zero-order valence-corrected chi connectivity index (χ0v) is 23.5. The van der Waals surface area contributed by atoms with E-state index in [2.05, 4.69) is 36.4 Å². The molecule has 4 aromatic rings. The Morgan fingerprint density at radius 2 is 2.05 bits per heavy atom. The highest BCUT2D eigenvalue weighted by Gasteiger charge is 2.24. The number of aromatic amines is 1. The summed E-state index contributed by atoms with van der Waals surface area (Å²) in [6.45, 7) is 1.74. The van der Waals surface area contributed by atoms with E-state index in [1.807, 2.05) is 0 Å². The third-order valence-corrected chi connectivity index (χ3v) is 7.30. The first-order valence-corrected chi connectivity index (χ1v) is 13.8. The number of H-pyrrole nitrogens is 1. The average Bonchev–Trinajstić information content (AvgIpc) is 3.72. The quantitative estimate of drug-likeness (QED) is 0.187. The normalized spacial score (nSPS) is 15.5. The van der Waals surface area contributed by atoms with E-state index in [9.17, 15) is 14.4 Å². The van der Waals surface area contributed by atoms with Crippen LogP contribution in [0.3, 0.4) is 0 Å². The number of carbonyl (C=O) groups excluding carboxylic acids is 2. The van der Waals surface area contributed by atoms with Crippen molar-refractivity contribution in [2.24, 2.45) is 5.92 Å². The van der Waals surface area contributed by atoms with Crippen molar-refractivity contribution in [1.29, 1.82) is 0 Å². The number of nitrogens with zero attached hydrogens (tertiary/aromatic N) is 5. The monoisotopic (exact) mass is 588 g/mol. The summed E-state index contributed by atoms with van der Waals surface area (Å²) < 4.78 is 6.21. The van der Waals surface area contributed by atoms with Gasteiger partial charge in [0.25, 0.3) is 5.56 Å². The van der Waals surface area contributed by atoms with Crippen molar-refractivity contribution in [3.8, 4) is 16.8 Å². The number of nitrogens with one attached hydrogen (secondary N) is 3. The van der Waals surface area contributed by atoms with Crippen LogP contribution in [0, 0.1) is 5.92 Å². The van der Waals surface area contributed by atoms with E-state index in [0.29, 0.717) is 45.4 Å². The van der Waals surface area contributed by atoms with Gasteiger partial charge in [0.05, 0.1) is 36.5 Å². The summed E-state index contributed by atoms with van der Waals surface area (Å²) in [6.07, 6.45) is 6.27. The van der Waals surface area contributed by atoms with Crippen LogP contribution in [-0.4, -0.2) is 62.5 Å². The molecule has 0 bridgehead atoms. The minimum atomic E-state index is -0.459. The summed E-state index contributed by atoms with van der Waals surface area (Å²) in [5.74, 6) is -0.355. The van der Waals surface area contributed by atoms with Gasteiger partial charge in [0, 0.05) is 16.7 Å². The van der Waals surface area contributed by atoms with Crippen LogP contribution in [0.25, 0.3) is 22.9 Å². The maximum absolute atomic E-state index is 13.2. The molecule has 2 aromatic heterocycles. The number of rotatable bonds is 10. The van der Waals surface area contributed by atoms with Gasteiger partial charge in [-0.25, -0.2) is 5.10 Å². The third kappa shape index (κ3) is 7.14. The molecule has 1 aliphatic rings. The number of hydrogen-bond acceptors (Lipinski definition) is 9. The second-order valence-corrected chi connectivity index (χ2v) is 10.4. The molecule has 1 fully saturated rings. The van der Waals surface area contributed by atoms with Crippen LogP contribution in [0.4, 0.5) is 0 Å². The van der Waals surface area contributed by atoms with Crippen molar-refractivity contribution >= 4 is 29.6 Å². The average molecular weight is 589 g/mol. The number of halogens is 1. The predicted molar refractivity (Wildman–Crippen MR) is 156 cm³/mol. The molecule has 0 aliphatic carbocycles. The largest absolute Gasteiger partial charge is 0.469 e. The number of hydrogen-bond donors (Lipinski definition) is 3. The molecule has 13 heteroatoms. The van der Waals surface area contributed by atoms with Gasteiger partial charge >= 0.3 is 5.97 Å². The molecular weight excluding hydrogens is 560 g/mol. The molecule has 2 aromatic carbocycles. The van der Waals surface area contributed by atoms with E-state index in [4.69, 9.17) is 16.3 Å². The number of amides is 1. The lowest BCUT2D eigenvalue weighted by Gasteiger charge is -2.21. The van der Waals surface area contributed by atoms with Gasteiger partial charge in [-0.1, -0.05) is 35.9 Å². The van der Waals surface area contributed by atoms with Crippen molar-refractivity contribution in [3.05, 3.63) is 93.1 Å². The van der Waals surface area contributed by atoms with Gasteiger partial charge in [-0.3, -0.25) is 14.4 Å². The molecule has 3 N–H and O–H groups in total. The Hall–Kier alpha value is -4.68. The molecule has 2 atom stereocenters. The summed E-state index contributed by atoms with van der Waals surface area (Å²) in [5, 5.41) is 25.1. The van der Waals surface area contributed by atoms with Gasteiger partial charge in [0.15, 0.2) is 0 Å². The van der Waals surface area contributed by atoms with E-state index >= 15 is 0 Å². The fourth-order valence-corrected chi connectivity index (χ4v) is 5.06. The predicted octanol–water partition coefficient (Wildman–Crippen LogP) is 2.65. The number of esters is 1. The molecule has 5 rings (SSSR count). The molecule has 1 unspecified atom stereocenters. The van der Waals surface area contributed by atoms with Crippen molar-refractivity contribution in [3.63, 3.8) is 0 Å². The molecule has 3 heterocycles. The standard InChI is InChI=1S/C29H29ClN8O4/c1-42-28(40)13-18-2-4-20(5-3-18)23-15-25(34-35-29(23)41)24(12-19-10-11-31-16-19)33-27(39)9-6-21-14-22(30)7-8-26(21)38-17-32-36-37-38/h2-9,14-15,17,19,24,31H,10-13,16H2,1H3,(H,33,39)(H,35,41)/b9-6+/t19?,24-/m0/s1. The van der Waals surface area contributed by atoms with E-state index in [-0.39, 0.29) is 23.9 Å². The second-order valence-electron chi connectivity index (χ2n) is 9.93. The molecule has 1 aliphatic heterocycles. The molecule has 1 amide bonds. The molecule has 0 radical (unpaired) electrons. The van der Waals surface area contributed by atoms with E-state index < -0.39 is 6.04 Å². The van der Waals surface area contributed by atoms with Crippen molar-refractivity contribution in [2.75, 3.05) is 20.2 Å². The van der Waals surface area contributed by atoms with Crippen molar-refractivity contribution in [2.45, 2.75) is 25.3 Å². The Balaban J connectivity index is 1.39. The van der Waals surface area contributed by atoms with Gasteiger partial charge in [0.1, 0.15) is 6.33 Å². The van der Waals surface area contributed by atoms with Crippen LogP contribution in [0.1, 0.15) is 35.7 Å². The number of ether oxygens (including phenoxy) is 1. The molecule has 0 saturated carbocycles. The smallest absolute Gasteiger partial charge is 0.309 e. The van der Waals surface area contributed by atoms with Crippen LogP contribution in [-0.2, 0) is 20.7 Å². The summed E-state index contributed by atoms with van der Waals surface area (Å²) in [4.78, 5) is 37.6. The van der Waals surface area contributed by atoms with Crippen LogP contribution in [0.2, 0.25) is 5.02 Å². The Bertz CT molecular complexity index is 1630. The first-order chi connectivity index (χ1) is 20.4. The summed E-state index contributed by atoms with van der Waals surface area (Å²) in [7, 11) is 1.34. The summed E-state index contributed by atoms with van der Waals surface area (Å²) in [5.41, 5.74) is 3.33. The zero-order valence-electron chi connectivity index (χ0n) is 22.8. The highest BCUT2D eigenvalue weighted by atomic mass is 35.5. The SMILES string of the molecule is COC(=O)Cc1ccc(-c2cc([C@H](CC3CCNC3)NC(=O)/C=C/c3cc(Cl)ccc3-n3cnnn3)n[nH]c2=O)cc1. The van der Waals surface area contributed by atoms with Crippen molar-refractivity contribution < 1.29 is 14.3 Å². The number of benzene rings is 2. The number of aromatic nitrogens is 6. The Morgan fingerprint density at radius 1 is 1.21 bits per heavy atom. The van der Waals surface area contributed by atoms with E-state index in [0.717, 1.165) is 25.1 Å². The lowest BCUT2D eigenvalue weighted by atomic mass is 9.95. The van der Waals surface area contributed by atoms with Crippen LogP contribution in [0.5, 0.6) is 0 Å². The topological polar surface area (TPSA) is 157 Å². The maximum Gasteiger partial charge on any atom is 0.309 e. The molecular formula is C29H29ClN8O4. The van der Waals surface area contributed by atoms with Crippen molar-refractivity contribution in [1.82, 2.24) is 41.0 Å². The second kappa shape index (κ2) is 13.3. The van der Waals surface area contributed by atoms with Crippen LogP contribution in [0.15, 0.2) is 65.7 Å². The highest BCUT2D eigenvalue weighted by molar-refractivity contribution is 6.30. The lowest BCUT2D eigenvalue weighted by molar-refractivity contribution is -0.139.